The molecule has 1 rings (SSSR count). The largest absolute Gasteiger partial charge is 0.353 e. The predicted octanol–water partition coefficient (Wildman–Crippen LogP) is 3.13. The van der Waals surface area contributed by atoms with E-state index >= 15 is 0 Å². The number of rotatable bonds is 9. The first-order valence-electron chi connectivity index (χ1n) is 8.77. The Kier molecular flexibility index (Phi) is 8.86. The second-order valence-corrected chi connectivity index (χ2v) is 6.31. The van der Waals surface area contributed by atoms with Crippen molar-refractivity contribution in [1.29, 1.82) is 0 Å². The van der Waals surface area contributed by atoms with E-state index in [1.165, 1.54) is 0 Å². The molecule has 126 valence electrons. The molecular weight excluding hydrogens is 276 g/mol. The Balaban J connectivity index is 2.44. The average molecular weight is 308 g/mol. The number of piperidine rings is 1. The molecule has 0 radical (unpaired) electrons. The zero-order valence-electron chi connectivity index (χ0n) is 14.3. The summed E-state index contributed by atoms with van der Waals surface area (Å²) in [5, 5.41) is 2.86. The van der Waals surface area contributed by atoms with Crippen molar-refractivity contribution in [3.05, 3.63) is 12.7 Å². The van der Waals surface area contributed by atoms with Gasteiger partial charge < -0.3 is 10.2 Å². The van der Waals surface area contributed by atoms with Crippen LogP contribution in [0.2, 0.25) is 0 Å². The molecule has 1 N–H and O–H groups in total. The molecular formula is C18H32N2O2. The van der Waals surface area contributed by atoms with Gasteiger partial charge in [0.25, 0.3) is 0 Å². The maximum atomic E-state index is 12.2. The fraction of sp³-hybridized carbons (Fsp3) is 0.778. The van der Waals surface area contributed by atoms with Crippen molar-refractivity contribution in [1.82, 2.24) is 10.2 Å². The highest BCUT2D eigenvalue weighted by atomic mass is 16.2. The number of carbonyl (C=O) groups excluding carboxylic acids is 2. The summed E-state index contributed by atoms with van der Waals surface area (Å²) >= 11 is 0. The van der Waals surface area contributed by atoms with Crippen LogP contribution in [-0.2, 0) is 9.59 Å². The van der Waals surface area contributed by atoms with Crippen LogP contribution in [0.1, 0.15) is 58.8 Å². The van der Waals surface area contributed by atoms with Gasteiger partial charge in [-0.2, -0.15) is 0 Å². The third-order valence-electron chi connectivity index (χ3n) is 4.65. The fourth-order valence-electron chi connectivity index (χ4n) is 3.22. The first kappa shape index (κ1) is 18.7. The van der Waals surface area contributed by atoms with Gasteiger partial charge in [-0.1, -0.05) is 39.2 Å². The van der Waals surface area contributed by atoms with Crippen LogP contribution in [0.25, 0.3) is 0 Å². The topological polar surface area (TPSA) is 49.4 Å². The normalized spacial score (nSPS) is 21.5. The zero-order valence-corrected chi connectivity index (χ0v) is 14.3. The van der Waals surface area contributed by atoms with Crippen LogP contribution in [-0.4, -0.2) is 36.3 Å². The number of hydrogen-bond donors (Lipinski definition) is 1. The molecule has 0 aromatic heterocycles. The second kappa shape index (κ2) is 10.4. The van der Waals surface area contributed by atoms with E-state index in [2.05, 4.69) is 25.7 Å². The summed E-state index contributed by atoms with van der Waals surface area (Å²) in [6.07, 6.45) is 8.19. The third-order valence-corrected chi connectivity index (χ3v) is 4.65. The van der Waals surface area contributed by atoms with Crippen molar-refractivity contribution in [3.8, 4) is 0 Å². The van der Waals surface area contributed by atoms with Crippen LogP contribution in [0.4, 0.5) is 0 Å². The number of nitrogens with one attached hydrogen (secondary N) is 1. The van der Waals surface area contributed by atoms with Gasteiger partial charge in [-0.3, -0.25) is 9.59 Å². The third kappa shape index (κ3) is 6.20. The van der Waals surface area contributed by atoms with Crippen LogP contribution in [0.5, 0.6) is 0 Å². The van der Waals surface area contributed by atoms with E-state index < -0.39 is 0 Å². The molecule has 0 unspecified atom stereocenters. The lowest BCUT2D eigenvalue weighted by molar-refractivity contribution is -0.134. The van der Waals surface area contributed by atoms with E-state index in [-0.39, 0.29) is 5.91 Å². The Bertz CT molecular complexity index is 368. The van der Waals surface area contributed by atoms with Crippen LogP contribution >= 0.6 is 0 Å². The summed E-state index contributed by atoms with van der Waals surface area (Å²) in [7, 11) is 0. The molecule has 1 heterocycles. The van der Waals surface area contributed by atoms with Gasteiger partial charge in [-0.25, -0.2) is 0 Å². The van der Waals surface area contributed by atoms with Crippen LogP contribution in [0.3, 0.4) is 0 Å². The Labute approximate surface area is 135 Å². The summed E-state index contributed by atoms with van der Waals surface area (Å²) in [5.41, 5.74) is 0. The number of carbonyl (C=O) groups is 2. The molecule has 1 aliphatic heterocycles. The maximum Gasteiger partial charge on any atom is 0.222 e. The molecule has 0 bridgehead atoms. The molecule has 0 saturated carbocycles. The molecule has 1 fully saturated rings. The summed E-state index contributed by atoms with van der Waals surface area (Å²) in [5.74, 6) is 1.24. The standard InChI is InChI=1S/C18H32N2O2/c1-4-7-8-9-18(22)20-12-10-16(15(6-3)14-20)13-17(21)19-11-5-2/h5,15-16H,2,4,6-14H2,1,3H3,(H,19,21)/t15-,16-/m0/s1. The molecule has 0 aromatic rings. The van der Waals surface area contributed by atoms with Crippen molar-refractivity contribution in [2.75, 3.05) is 19.6 Å². The smallest absolute Gasteiger partial charge is 0.222 e. The first-order valence-corrected chi connectivity index (χ1v) is 8.77. The molecule has 2 atom stereocenters. The van der Waals surface area contributed by atoms with Gasteiger partial charge in [-0.15, -0.1) is 6.58 Å². The minimum atomic E-state index is 0.103. The molecule has 1 aliphatic rings. The van der Waals surface area contributed by atoms with E-state index in [0.717, 1.165) is 45.2 Å². The molecule has 0 aromatic carbocycles. The lowest BCUT2D eigenvalue weighted by Crippen LogP contribution is -2.44. The molecule has 2 amide bonds. The highest BCUT2D eigenvalue weighted by molar-refractivity contribution is 5.77. The molecule has 0 spiro atoms. The molecule has 1 saturated heterocycles. The van der Waals surface area contributed by atoms with Crippen LogP contribution < -0.4 is 5.32 Å². The van der Waals surface area contributed by atoms with E-state index in [9.17, 15) is 9.59 Å². The first-order chi connectivity index (χ1) is 10.6. The number of hydrogen-bond acceptors (Lipinski definition) is 2. The molecule has 4 heteroatoms. The van der Waals surface area contributed by atoms with E-state index in [1.54, 1.807) is 6.08 Å². The Hall–Kier alpha value is -1.32. The zero-order chi connectivity index (χ0) is 16.4. The number of likely N-dealkylation sites (tertiary alicyclic amines) is 1. The highest BCUT2D eigenvalue weighted by Crippen LogP contribution is 2.29. The van der Waals surface area contributed by atoms with E-state index in [4.69, 9.17) is 0 Å². The van der Waals surface area contributed by atoms with Gasteiger partial charge in [-0.05, 0) is 24.7 Å². The SMILES string of the molecule is C=CCNC(=O)C[C@@H]1CCN(C(=O)CCCCC)C[C@@H]1CC. The summed E-state index contributed by atoms with van der Waals surface area (Å²) in [6.45, 7) is 10.1. The van der Waals surface area contributed by atoms with Crippen molar-refractivity contribution in [3.63, 3.8) is 0 Å². The molecule has 4 nitrogen and oxygen atoms in total. The van der Waals surface area contributed by atoms with Gasteiger partial charge in [0.15, 0.2) is 0 Å². The predicted molar refractivity (Wildman–Crippen MR) is 90.4 cm³/mol. The lowest BCUT2D eigenvalue weighted by atomic mass is 9.81. The Morgan fingerprint density at radius 2 is 2.05 bits per heavy atom. The summed E-state index contributed by atoms with van der Waals surface area (Å²) in [6, 6.07) is 0. The number of amides is 2. The molecule has 22 heavy (non-hydrogen) atoms. The molecule has 0 aliphatic carbocycles. The van der Waals surface area contributed by atoms with Crippen molar-refractivity contribution in [2.45, 2.75) is 58.8 Å². The van der Waals surface area contributed by atoms with Gasteiger partial charge in [0.05, 0.1) is 0 Å². The van der Waals surface area contributed by atoms with Crippen LogP contribution in [0, 0.1) is 11.8 Å². The van der Waals surface area contributed by atoms with Crippen molar-refractivity contribution >= 4 is 11.8 Å². The monoisotopic (exact) mass is 308 g/mol. The van der Waals surface area contributed by atoms with E-state index in [0.29, 0.717) is 37.1 Å². The van der Waals surface area contributed by atoms with Crippen molar-refractivity contribution in [2.24, 2.45) is 11.8 Å². The Morgan fingerprint density at radius 1 is 1.27 bits per heavy atom. The van der Waals surface area contributed by atoms with Gasteiger partial charge >= 0.3 is 0 Å². The van der Waals surface area contributed by atoms with Crippen LogP contribution in [0.15, 0.2) is 12.7 Å². The van der Waals surface area contributed by atoms with Gasteiger partial charge in [0.1, 0.15) is 0 Å². The summed E-state index contributed by atoms with van der Waals surface area (Å²) < 4.78 is 0. The lowest BCUT2D eigenvalue weighted by Gasteiger charge is -2.38. The van der Waals surface area contributed by atoms with Crippen molar-refractivity contribution < 1.29 is 9.59 Å². The summed E-state index contributed by atoms with van der Waals surface area (Å²) in [4.78, 5) is 26.1. The second-order valence-electron chi connectivity index (χ2n) is 6.31. The van der Waals surface area contributed by atoms with E-state index in [1.807, 2.05) is 4.90 Å². The maximum absolute atomic E-state index is 12.2. The minimum absolute atomic E-state index is 0.103. The quantitative estimate of drug-likeness (QED) is 0.525. The average Bonchev–Trinajstić information content (AvgIpc) is 2.53. The number of unbranched alkanes of at least 4 members (excludes halogenated alkanes) is 2. The van der Waals surface area contributed by atoms with Gasteiger partial charge in [0, 0.05) is 32.5 Å². The Morgan fingerprint density at radius 3 is 2.68 bits per heavy atom. The highest BCUT2D eigenvalue weighted by Gasteiger charge is 2.31. The minimum Gasteiger partial charge on any atom is -0.353 e. The fourth-order valence-corrected chi connectivity index (χ4v) is 3.22. The van der Waals surface area contributed by atoms with Gasteiger partial charge in [0.2, 0.25) is 11.8 Å². The number of nitrogens with zero attached hydrogens (tertiary/aromatic N) is 1.